The van der Waals surface area contributed by atoms with E-state index in [2.05, 4.69) is 10.6 Å². The first-order valence-corrected chi connectivity index (χ1v) is 6.63. The van der Waals surface area contributed by atoms with Crippen molar-refractivity contribution in [3.05, 3.63) is 57.4 Å². The number of nitrogens with zero attached hydrogens (tertiary/aromatic N) is 1. The van der Waals surface area contributed by atoms with Crippen molar-refractivity contribution in [1.82, 2.24) is 0 Å². The van der Waals surface area contributed by atoms with E-state index in [4.69, 9.17) is 11.6 Å². The van der Waals surface area contributed by atoms with Gasteiger partial charge in [-0.3, -0.25) is 10.1 Å². The average Bonchev–Trinajstić information content (AvgIpc) is 2.37. The number of hydrogen-bond acceptors (Lipinski definition) is 4. The molecule has 0 fully saturated rings. The Morgan fingerprint density at radius 3 is 2.62 bits per heavy atom. The molecule has 7 heteroatoms. The second-order valence-corrected chi connectivity index (χ2v) is 4.71. The predicted molar refractivity (Wildman–Crippen MR) is 82.0 cm³/mol. The Labute approximate surface area is 125 Å². The van der Waals surface area contributed by atoms with Gasteiger partial charge in [0.2, 0.25) is 0 Å². The summed E-state index contributed by atoms with van der Waals surface area (Å²) >= 11 is 5.77. The highest BCUT2D eigenvalue weighted by Crippen LogP contribution is 2.35. The van der Waals surface area contributed by atoms with Crippen LogP contribution in [0.25, 0.3) is 0 Å². The molecule has 0 bridgehead atoms. The van der Waals surface area contributed by atoms with Gasteiger partial charge < -0.3 is 10.6 Å². The zero-order valence-corrected chi connectivity index (χ0v) is 11.9. The van der Waals surface area contributed by atoms with Crippen LogP contribution in [0, 0.1) is 15.9 Å². The van der Waals surface area contributed by atoms with Crippen molar-refractivity contribution >= 4 is 34.4 Å². The molecule has 0 saturated carbocycles. The van der Waals surface area contributed by atoms with Crippen molar-refractivity contribution in [3.8, 4) is 0 Å². The highest BCUT2D eigenvalue weighted by molar-refractivity contribution is 6.30. The number of para-hydroxylation sites is 1. The second kappa shape index (κ2) is 6.41. The monoisotopic (exact) mass is 309 g/mol. The second-order valence-electron chi connectivity index (χ2n) is 4.27. The molecule has 0 aliphatic carbocycles. The van der Waals surface area contributed by atoms with Crippen LogP contribution < -0.4 is 10.6 Å². The van der Waals surface area contributed by atoms with Crippen LogP contribution in [0.4, 0.5) is 27.1 Å². The van der Waals surface area contributed by atoms with Crippen LogP contribution >= 0.6 is 11.6 Å². The molecule has 0 radical (unpaired) electrons. The molecule has 0 amide bonds. The van der Waals surface area contributed by atoms with Crippen LogP contribution in [0.5, 0.6) is 0 Å². The summed E-state index contributed by atoms with van der Waals surface area (Å²) in [7, 11) is 0. The minimum atomic E-state index is -0.518. The maximum Gasteiger partial charge on any atom is 0.315 e. The number of halogens is 2. The zero-order chi connectivity index (χ0) is 15.4. The van der Waals surface area contributed by atoms with Gasteiger partial charge in [0, 0.05) is 17.3 Å². The lowest BCUT2D eigenvalue weighted by Gasteiger charge is -2.11. The first kappa shape index (κ1) is 15.1. The lowest BCUT2D eigenvalue weighted by atomic mass is 10.2. The summed E-state index contributed by atoms with van der Waals surface area (Å²) in [6.45, 7) is 2.40. The van der Waals surface area contributed by atoms with Gasteiger partial charge in [0.25, 0.3) is 0 Å². The minimum absolute atomic E-state index is 0.0975. The number of benzene rings is 2. The number of nitro groups is 1. The van der Waals surface area contributed by atoms with Crippen LogP contribution in [0.3, 0.4) is 0 Å². The highest BCUT2D eigenvalue weighted by Gasteiger charge is 2.19. The molecule has 0 aliphatic rings. The van der Waals surface area contributed by atoms with Gasteiger partial charge in [-0.05, 0) is 37.3 Å². The van der Waals surface area contributed by atoms with E-state index in [1.807, 2.05) is 6.92 Å². The summed E-state index contributed by atoms with van der Waals surface area (Å²) < 4.78 is 13.3. The van der Waals surface area contributed by atoms with Gasteiger partial charge in [-0.1, -0.05) is 17.7 Å². The summed E-state index contributed by atoms with van der Waals surface area (Å²) in [6.07, 6.45) is 0. The van der Waals surface area contributed by atoms with E-state index in [9.17, 15) is 14.5 Å². The van der Waals surface area contributed by atoms with E-state index in [1.54, 1.807) is 18.2 Å². The number of rotatable bonds is 5. The molecule has 2 N–H and O–H groups in total. The van der Waals surface area contributed by atoms with Gasteiger partial charge in [-0.25, -0.2) is 4.39 Å². The van der Waals surface area contributed by atoms with Crippen LogP contribution in [0.2, 0.25) is 5.02 Å². The van der Waals surface area contributed by atoms with Gasteiger partial charge in [0.15, 0.2) is 0 Å². The highest BCUT2D eigenvalue weighted by atomic mass is 35.5. The molecule has 0 atom stereocenters. The lowest BCUT2D eigenvalue weighted by Crippen LogP contribution is -2.04. The Kier molecular flexibility index (Phi) is 4.59. The third-order valence-electron chi connectivity index (χ3n) is 2.73. The van der Waals surface area contributed by atoms with E-state index < -0.39 is 10.7 Å². The van der Waals surface area contributed by atoms with Crippen molar-refractivity contribution in [1.29, 1.82) is 0 Å². The Balaban J connectivity index is 2.43. The first-order valence-electron chi connectivity index (χ1n) is 6.25. The fourth-order valence-electron chi connectivity index (χ4n) is 1.96. The third-order valence-corrected chi connectivity index (χ3v) is 2.95. The van der Waals surface area contributed by atoms with Crippen molar-refractivity contribution in [2.45, 2.75) is 6.92 Å². The molecule has 2 aromatic carbocycles. The predicted octanol–water partition coefficient (Wildman–Crippen LogP) is 4.56. The topological polar surface area (TPSA) is 67.2 Å². The fourth-order valence-corrected chi connectivity index (χ4v) is 2.18. The number of nitro benzene ring substituents is 1. The van der Waals surface area contributed by atoms with E-state index in [-0.39, 0.29) is 16.4 Å². The molecule has 0 spiro atoms. The molecule has 5 nitrogen and oxygen atoms in total. The van der Waals surface area contributed by atoms with E-state index in [0.717, 1.165) is 6.07 Å². The van der Waals surface area contributed by atoms with E-state index in [0.29, 0.717) is 17.9 Å². The van der Waals surface area contributed by atoms with Crippen molar-refractivity contribution in [2.75, 3.05) is 17.2 Å². The lowest BCUT2D eigenvalue weighted by molar-refractivity contribution is -0.383. The van der Waals surface area contributed by atoms with Gasteiger partial charge >= 0.3 is 5.69 Å². The van der Waals surface area contributed by atoms with Gasteiger partial charge in [0.1, 0.15) is 17.2 Å². The number of hydrogen-bond donors (Lipinski definition) is 2. The molecule has 2 aromatic rings. The molecule has 0 heterocycles. The molecule has 0 saturated heterocycles. The maximum absolute atomic E-state index is 13.3. The van der Waals surface area contributed by atoms with Crippen LogP contribution in [-0.2, 0) is 0 Å². The number of anilines is 3. The van der Waals surface area contributed by atoms with Gasteiger partial charge in [-0.15, -0.1) is 0 Å². The fraction of sp³-hybridized carbons (Fsp3) is 0.143. The first-order chi connectivity index (χ1) is 10.0. The summed E-state index contributed by atoms with van der Waals surface area (Å²) in [4.78, 5) is 10.8. The van der Waals surface area contributed by atoms with E-state index in [1.165, 1.54) is 12.1 Å². The summed E-state index contributed by atoms with van der Waals surface area (Å²) in [5, 5.41) is 17.2. The molecular weight excluding hydrogens is 297 g/mol. The Hall–Kier alpha value is -2.34. The molecule has 21 heavy (non-hydrogen) atoms. The quantitative estimate of drug-likeness (QED) is 0.627. The van der Waals surface area contributed by atoms with Crippen molar-refractivity contribution < 1.29 is 9.31 Å². The van der Waals surface area contributed by atoms with Crippen molar-refractivity contribution in [2.24, 2.45) is 0 Å². The molecule has 0 aliphatic heterocycles. The SMILES string of the molecule is CCNc1cccc(Nc2cc(F)cc(Cl)c2)c1[N+](=O)[O-]. The zero-order valence-electron chi connectivity index (χ0n) is 11.2. The Bertz CT molecular complexity index is 659. The largest absolute Gasteiger partial charge is 0.380 e. The summed E-state index contributed by atoms with van der Waals surface area (Å²) in [5.74, 6) is -0.518. The van der Waals surface area contributed by atoms with Crippen LogP contribution in [0.1, 0.15) is 6.92 Å². The summed E-state index contributed by atoms with van der Waals surface area (Å²) in [6, 6.07) is 8.72. The maximum atomic E-state index is 13.3. The minimum Gasteiger partial charge on any atom is -0.380 e. The van der Waals surface area contributed by atoms with Gasteiger partial charge in [-0.2, -0.15) is 0 Å². The smallest absolute Gasteiger partial charge is 0.315 e. The molecule has 2 rings (SSSR count). The standard InChI is InChI=1S/C14H13ClFN3O2/c1-2-17-12-4-3-5-13(14(12)19(20)21)18-11-7-9(15)6-10(16)8-11/h3-8,17-18H,2H2,1H3. The number of nitrogens with one attached hydrogen (secondary N) is 2. The van der Waals surface area contributed by atoms with Crippen LogP contribution in [0.15, 0.2) is 36.4 Å². The Morgan fingerprint density at radius 1 is 1.29 bits per heavy atom. The summed E-state index contributed by atoms with van der Waals surface area (Å²) in [5.41, 5.74) is 0.909. The molecule has 110 valence electrons. The molecule has 0 unspecified atom stereocenters. The molecule has 0 aromatic heterocycles. The van der Waals surface area contributed by atoms with Crippen LogP contribution in [-0.4, -0.2) is 11.5 Å². The van der Waals surface area contributed by atoms with Crippen molar-refractivity contribution in [3.63, 3.8) is 0 Å². The Morgan fingerprint density at radius 2 is 2.00 bits per heavy atom. The average molecular weight is 310 g/mol. The van der Waals surface area contributed by atoms with E-state index >= 15 is 0 Å². The third kappa shape index (κ3) is 3.61. The normalized spacial score (nSPS) is 10.2. The molecular formula is C14H13ClFN3O2. The van der Waals surface area contributed by atoms with Gasteiger partial charge in [0.05, 0.1) is 4.92 Å².